The highest BCUT2D eigenvalue weighted by atomic mass is 16.6. The summed E-state index contributed by atoms with van der Waals surface area (Å²) in [4.78, 5) is 38.1. The highest BCUT2D eigenvalue weighted by Gasteiger charge is 2.19. The van der Waals surface area contributed by atoms with Crippen LogP contribution >= 0.6 is 0 Å². The first-order chi connectivity index (χ1) is 36.0. The first-order valence-electron chi connectivity index (χ1n) is 31.8. The minimum absolute atomic E-state index is 0.0799. The van der Waals surface area contributed by atoms with Crippen LogP contribution in [0.2, 0.25) is 0 Å². The van der Waals surface area contributed by atoms with E-state index in [0.29, 0.717) is 19.3 Å². The van der Waals surface area contributed by atoms with Crippen molar-refractivity contribution in [3.63, 3.8) is 0 Å². The van der Waals surface area contributed by atoms with Gasteiger partial charge in [-0.2, -0.15) is 0 Å². The number of carbonyl (C=O) groups is 3. The molecular weight excluding hydrogens is 901 g/mol. The van der Waals surface area contributed by atoms with Crippen LogP contribution in [0.4, 0.5) is 0 Å². The van der Waals surface area contributed by atoms with Crippen LogP contribution < -0.4 is 0 Å². The molecule has 6 nitrogen and oxygen atoms in total. The van der Waals surface area contributed by atoms with Gasteiger partial charge >= 0.3 is 17.9 Å². The number of hydrogen-bond acceptors (Lipinski definition) is 6. The molecule has 0 N–H and O–H groups in total. The second-order valence-corrected chi connectivity index (χ2v) is 21.3. The summed E-state index contributed by atoms with van der Waals surface area (Å²) in [5, 5.41) is 0. The molecule has 73 heavy (non-hydrogen) atoms. The maximum atomic E-state index is 12.8. The summed E-state index contributed by atoms with van der Waals surface area (Å²) in [6.45, 7) is 6.54. The van der Waals surface area contributed by atoms with Gasteiger partial charge in [0.05, 0.1) is 0 Å². The van der Waals surface area contributed by atoms with Crippen molar-refractivity contribution in [1.29, 1.82) is 0 Å². The summed E-state index contributed by atoms with van der Waals surface area (Å²) in [6.07, 6.45) is 78.2. The van der Waals surface area contributed by atoms with E-state index in [1.165, 1.54) is 186 Å². The van der Waals surface area contributed by atoms with Crippen molar-refractivity contribution in [3.8, 4) is 0 Å². The van der Waals surface area contributed by atoms with E-state index in [1.54, 1.807) is 0 Å². The van der Waals surface area contributed by atoms with Crippen LogP contribution in [0.5, 0.6) is 0 Å². The van der Waals surface area contributed by atoms with Gasteiger partial charge in [0, 0.05) is 19.3 Å². The summed E-state index contributed by atoms with van der Waals surface area (Å²) in [7, 11) is 0. The van der Waals surface area contributed by atoms with E-state index in [1.807, 2.05) is 0 Å². The molecule has 0 aromatic rings. The number of allylic oxidation sites excluding steroid dienone is 10. The van der Waals surface area contributed by atoms with Crippen LogP contribution in [0, 0.1) is 0 Å². The maximum absolute atomic E-state index is 12.8. The number of esters is 3. The standard InChI is InChI=1S/C67H120O6/c1-4-7-10-13-16-19-22-24-25-26-27-28-29-30-31-32-33-34-35-36-37-38-39-40-41-43-45-48-51-54-57-60-66(69)72-63-64(62-71-65(68)59-56-53-50-47-44-21-18-15-12-9-6-3)73-67(70)61-58-55-52-49-46-42-23-20-17-14-11-8-5-2/h11,14-15,18,20,22-24,26-27,64H,4-10,12-13,16-17,19,21,25,28-63H2,1-3H3/b14-11-,18-15-,23-20-,24-22-,27-26-. The van der Waals surface area contributed by atoms with E-state index in [-0.39, 0.29) is 31.1 Å². The lowest BCUT2D eigenvalue weighted by molar-refractivity contribution is -0.167. The van der Waals surface area contributed by atoms with Crippen molar-refractivity contribution in [2.24, 2.45) is 0 Å². The molecule has 0 aromatic carbocycles. The smallest absolute Gasteiger partial charge is 0.306 e. The van der Waals surface area contributed by atoms with Crippen molar-refractivity contribution in [2.75, 3.05) is 13.2 Å². The summed E-state index contributed by atoms with van der Waals surface area (Å²) >= 11 is 0. The Balaban J connectivity index is 4.08. The first-order valence-corrected chi connectivity index (χ1v) is 31.8. The first kappa shape index (κ1) is 70.1. The molecular formula is C67H120O6. The molecule has 0 saturated heterocycles. The zero-order chi connectivity index (χ0) is 52.9. The Morgan fingerprint density at radius 1 is 0.274 bits per heavy atom. The molecule has 1 unspecified atom stereocenters. The predicted octanol–water partition coefficient (Wildman–Crippen LogP) is 21.6. The van der Waals surface area contributed by atoms with E-state index in [2.05, 4.69) is 81.5 Å². The van der Waals surface area contributed by atoms with Crippen molar-refractivity contribution >= 4 is 17.9 Å². The summed E-state index contributed by atoms with van der Waals surface area (Å²) < 4.78 is 16.8. The minimum Gasteiger partial charge on any atom is -0.462 e. The molecule has 0 saturated carbocycles. The van der Waals surface area contributed by atoms with Gasteiger partial charge in [-0.05, 0) is 96.3 Å². The third kappa shape index (κ3) is 59.9. The average Bonchev–Trinajstić information content (AvgIpc) is 3.39. The molecule has 0 fully saturated rings. The Bertz CT molecular complexity index is 1310. The van der Waals surface area contributed by atoms with Crippen LogP contribution in [-0.2, 0) is 28.6 Å². The molecule has 0 rings (SSSR count). The number of rotatable bonds is 58. The molecule has 0 bridgehead atoms. The van der Waals surface area contributed by atoms with Crippen LogP contribution in [0.25, 0.3) is 0 Å². The van der Waals surface area contributed by atoms with Gasteiger partial charge in [0.15, 0.2) is 6.10 Å². The van der Waals surface area contributed by atoms with Crippen molar-refractivity contribution in [2.45, 2.75) is 335 Å². The zero-order valence-corrected chi connectivity index (χ0v) is 48.7. The third-order valence-corrected chi connectivity index (χ3v) is 13.9. The van der Waals surface area contributed by atoms with E-state index in [0.717, 1.165) is 103 Å². The van der Waals surface area contributed by atoms with Gasteiger partial charge in [-0.3, -0.25) is 14.4 Å². The molecule has 424 valence electrons. The highest BCUT2D eigenvalue weighted by Crippen LogP contribution is 2.17. The molecule has 0 aliphatic heterocycles. The lowest BCUT2D eigenvalue weighted by atomic mass is 10.0. The lowest BCUT2D eigenvalue weighted by Crippen LogP contribution is -2.30. The Hall–Kier alpha value is -2.89. The van der Waals surface area contributed by atoms with E-state index >= 15 is 0 Å². The van der Waals surface area contributed by atoms with E-state index in [9.17, 15) is 14.4 Å². The molecule has 0 heterocycles. The largest absolute Gasteiger partial charge is 0.462 e. The second-order valence-electron chi connectivity index (χ2n) is 21.3. The fourth-order valence-corrected chi connectivity index (χ4v) is 9.14. The van der Waals surface area contributed by atoms with Crippen molar-refractivity contribution < 1.29 is 28.6 Å². The Kier molecular flexibility index (Phi) is 59.2. The van der Waals surface area contributed by atoms with Crippen LogP contribution in [0.1, 0.15) is 329 Å². The van der Waals surface area contributed by atoms with Gasteiger partial charge in [0.25, 0.3) is 0 Å². The molecule has 1 atom stereocenters. The molecule has 0 aromatic heterocycles. The summed E-state index contributed by atoms with van der Waals surface area (Å²) in [5.41, 5.74) is 0. The van der Waals surface area contributed by atoms with Crippen LogP contribution in [-0.4, -0.2) is 37.2 Å². The fraction of sp³-hybridized carbons (Fsp3) is 0.806. The topological polar surface area (TPSA) is 78.9 Å². The Morgan fingerprint density at radius 3 is 0.863 bits per heavy atom. The van der Waals surface area contributed by atoms with Crippen LogP contribution in [0.15, 0.2) is 60.8 Å². The van der Waals surface area contributed by atoms with Gasteiger partial charge in [-0.15, -0.1) is 0 Å². The van der Waals surface area contributed by atoms with E-state index < -0.39 is 6.10 Å². The van der Waals surface area contributed by atoms with Crippen LogP contribution in [0.3, 0.4) is 0 Å². The SMILES string of the molecule is CCC/C=C\C/C=C\CCCCCCCC(=O)OC(COC(=O)CCCCCCC/C=C\CCCC)COC(=O)CCCCCCCCCCCCCCCCCCCCC/C=C\C/C=C\CCCCCCC. The van der Waals surface area contributed by atoms with Crippen molar-refractivity contribution in [1.82, 2.24) is 0 Å². The summed E-state index contributed by atoms with van der Waals surface area (Å²) in [6, 6.07) is 0. The summed E-state index contributed by atoms with van der Waals surface area (Å²) in [5.74, 6) is -0.892. The predicted molar refractivity (Wildman–Crippen MR) is 316 cm³/mol. The molecule has 0 aliphatic rings. The highest BCUT2D eigenvalue weighted by molar-refractivity contribution is 5.71. The maximum Gasteiger partial charge on any atom is 0.306 e. The Morgan fingerprint density at radius 2 is 0.534 bits per heavy atom. The lowest BCUT2D eigenvalue weighted by Gasteiger charge is -2.18. The normalized spacial score (nSPS) is 12.4. The minimum atomic E-state index is -0.782. The second kappa shape index (κ2) is 61.7. The Labute approximate surface area is 453 Å². The molecule has 0 amide bonds. The quantitative estimate of drug-likeness (QED) is 0.0261. The molecule has 0 spiro atoms. The average molecular weight is 1020 g/mol. The number of carbonyl (C=O) groups excluding carboxylic acids is 3. The number of ether oxygens (including phenoxy) is 3. The van der Waals surface area contributed by atoms with Crippen molar-refractivity contribution in [3.05, 3.63) is 60.8 Å². The zero-order valence-electron chi connectivity index (χ0n) is 48.7. The monoisotopic (exact) mass is 1020 g/mol. The number of hydrogen-bond donors (Lipinski definition) is 0. The molecule has 0 radical (unpaired) electrons. The van der Waals surface area contributed by atoms with Gasteiger partial charge < -0.3 is 14.2 Å². The number of unbranched alkanes of at least 4 members (excludes halogenated alkanes) is 37. The van der Waals surface area contributed by atoms with Gasteiger partial charge in [0.2, 0.25) is 0 Å². The molecule has 0 aliphatic carbocycles. The van der Waals surface area contributed by atoms with Gasteiger partial charge in [0.1, 0.15) is 13.2 Å². The third-order valence-electron chi connectivity index (χ3n) is 13.9. The molecule has 6 heteroatoms. The van der Waals surface area contributed by atoms with Gasteiger partial charge in [-0.1, -0.05) is 274 Å². The van der Waals surface area contributed by atoms with Gasteiger partial charge in [-0.25, -0.2) is 0 Å². The fourth-order valence-electron chi connectivity index (χ4n) is 9.14. The van der Waals surface area contributed by atoms with E-state index in [4.69, 9.17) is 14.2 Å².